The summed E-state index contributed by atoms with van der Waals surface area (Å²) in [6, 6.07) is 1.40. The third-order valence-electron chi connectivity index (χ3n) is 3.32. The Hall–Kier alpha value is -1.44. The fourth-order valence-electron chi connectivity index (χ4n) is 2.37. The third-order valence-corrected chi connectivity index (χ3v) is 4.78. The minimum Gasteiger partial charge on any atom is -0.327 e. The fourth-order valence-corrected chi connectivity index (χ4v) is 3.84. The zero-order valence-electron chi connectivity index (χ0n) is 10.9. The number of H-pyrrole nitrogens is 1. The number of aryl methyl sites for hydroxylation is 1. The number of rotatable bonds is 4. The quantitative estimate of drug-likeness (QED) is 0.891. The normalized spacial score (nSPS) is 21.9. The first-order valence-corrected chi connectivity index (χ1v) is 7.90. The highest BCUT2D eigenvalue weighted by molar-refractivity contribution is 7.92. The molecular formula is C12H16F2N2O3S. The number of aromatic nitrogens is 1. The van der Waals surface area contributed by atoms with Crippen LogP contribution in [-0.4, -0.2) is 25.1 Å². The summed E-state index contributed by atoms with van der Waals surface area (Å²) in [4.78, 5) is 13.6. The van der Waals surface area contributed by atoms with Gasteiger partial charge in [-0.1, -0.05) is 0 Å². The maximum absolute atomic E-state index is 13.0. The summed E-state index contributed by atoms with van der Waals surface area (Å²) in [6.07, 6.45) is 0.804. The molecule has 1 aliphatic carbocycles. The Kier molecular flexibility index (Phi) is 3.86. The summed E-state index contributed by atoms with van der Waals surface area (Å²) >= 11 is 0. The number of hydrogen-bond acceptors (Lipinski definition) is 3. The first kappa shape index (κ1) is 15.0. The van der Waals surface area contributed by atoms with Gasteiger partial charge < -0.3 is 4.98 Å². The molecule has 1 aliphatic rings. The summed E-state index contributed by atoms with van der Waals surface area (Å²) in [5.41, 5.74) is 0.299. The number of halogens is 2. The van der Waals surface area contributed by atoms with Gasteiger partial charge in [0.1, 0.15) is 0 Å². The highest BCUT2D eigenvalue weighted by Crippen LogP contribution is 2.39. The molecule has 1 fully saturated rings. The van der Waals surface area contributed by atoms with Crippen molar-refractivity contribution in [3.63, 3.8) is 0 Å². The summed E-state index contributed by atoms with van der Waals surface area (Å²) in [6.45, 7) is 1.55. The zero-order valence-corrected chi connectivity index (χ0v) is 11.8. The molecule has 0 spiro atoms. The molecule has 2 rings (SSSR count). The van der Waals surface area contributed by atoms with Crippen molar-refractivity contribution in [2.45, 2.75) is 32.1 Å². The van der Waals surface area contributed by atoms with E-state index in [1.165, 1.54) is 12.3 Å². The molecule has 5 nitrogen and oxygen atoms in total. The molecule has 0 unspecified atom stereocenters. The topological polar surface area (TPSA) is 79.0 Å². The van der Waals surface area contributed by atoms with Crippen molar-refractivity contribution in [1.29, 1.82) is 0 Å². The van der Waals surface area contributed by atoms with Crippen LogP contribution in [0.25, 0.3) is 0 Å². The maximum atomic E-state index is 13.0. The number of nitrogens with one attached hydrogen (secondary N) is 2. The van der Waals surface area contributed by atoms with Crippen molar-refractivity contribution in [3.05, 3.63) is 28.2 Å². The number of alkyl halides is 2. The van der Waals surface area contributed by atoms with Gasteiger partial charge in [-0.05, 0) is 25.3 Å². The molecule has 1 atom stereocenters. The van der Waals surface area contributed by atoms with Gasteiger partial charge in [0.05, 0.1) is 11.4 Å². The van der Waals surface area contributed by atoms with Crippen LogP contribution in [-0.2, 0) is 10.0 Å². The highest BCUT2D eigenvalue weighted by Gasteiger charge is 2.40. The summed E-state index contributed by atoms with van der Waals surface area (Å²) < 4.78 is 52.2. The molecule has 0 aromatic carbocycles. The molecule has 1 aromatic heterocycles. The monoisotopic (exact) mass is 306 g/mol. The SMILES string of the molecule is Cc1cc(NS(=O)(=O)C[C@H]2CCC(F)(F)C2)c[nH]c1=O. The van der Waals surface area contributed by atoms with Crippen LogP contribution >= 0.6 is 0 Å². The summed E-state index contributed by atoms with van der Waals surface area (Å²) in [7, 11) is -3.70. The van der Waals surface area contributed by atoms with E-state index in [1.807, 2.05) is 0 Å². The lowest BCUT2D eigenvalue weighted by atomic mass is 10.1. The minimum atomic E-state index is -3.70. The van der Waals surface area contributed by atoms with Crippen molar-refractivity contribution in [2.75, 3.05) is 10.5 Å². The van der Waals surface area contributed by atoms with Crippen LogP contribution in [0.1, 0.15) is 24.8 Å². The van der Waals surface area contributed by atoms with E-state index in [0.29, 0.717) is 5.56 Å². The van der Waals surface area contributed by atoms with Crippen molar-refractivity contribution < 1.29 is 17.2 Å². The third kappa shape index (κ3) is 3.78. The molecule has 0 saturated heterocycles. The Morgan fingerprint density at radius 1 is 1.50 bits per heavy atom. The summed E-state index contributed by atoms with van der Waals surface area (Å²) in [5, 5.41) is 0. The van der Waals surface area contributed by atoms with Gasteiger partial charge >= 0.3 is 0 Å². The second-order valence-corrected chi connectivity index (χ2v) is 7.02. The second-order valence-electron chi connectivity index (χ2n) is 5.25. The van der Waals surface area contributed by atoms with Crippen molar-refractivity contribution in [1.82, 2.24) is 4.98 Å². The average Bonchev–Trinajstić information content (AvgIpc) is 2.62. The standard InChI is InChI=1S/C12H16F2N2O3S/c1-8-4-10(6-15-11(8)17)16-20(18,19)7-9-2-3-12(13,14)5-9/h4,6,9,16H,2-3,5,7H2,1H3,(H,15,17)/t9-/m0/s1. The molecule has 1 aromatic rings. The van der Waals surface area contributed by atoms with Gasteiger partial charge in [-0.3, -0.25) is 9.52 Å². The van der Waals surface area contributed by atoms with Crippen LogP contribution < -0.4 is 10.3 Å². The molecule has 2 N–H and O–H groups in total. The molecule has 20 heavy (non-hydrogen) atoms. The smallest absolute Gasteiger partial charge is 0.250 e. The van der Waals surface area contributed by atoms with Crippen LogP contribution in [0.2, 0.25) is 0 Å². The first-order valence-electron chi connectivity index (χ1n) is 6.24. The van der Waals surface area contributed by atoms with Gasteiger partial charge in [0, 0.05) is 24.6 Å². The molecule has 0 aliphatic heterocycles. The molecule has 0 amide bonds. The van der Waals surface area contributed by atoms with Gasteiger partial charge in [0.25, 0.3) is 5.56 Å². The average molecular weight is 306 g/mol. The molecular weight excluding hydrogens is 290 g/mol. The van der Waals surface area contributed by atoms with E-state index in [2.05, 4.69) is 9.71 Å². The summed E-state index contributed by atoms with van der Waals surface area (Å²) in [5.74, 6) is -3.62. The predicted molar refractivity (Wildman–Crippen MR) is 71.5 cm³/mol. The van der Waals surface area contributed by atoms with Gasteiger partial charge in [-0.15, -0.1) is 0 Å². The number of aromatic amines is 1. The molecule has 1 heterocycles. The molecule has 112 valence electrons. The molecule has 0 radical (unpaired) electrons. The minimum absolute atomic E-state index is 0.207. The van der Waals surface area contributed by atoms with Crippen molar-refractivity contribution in [2.24, 2.45) is 5.92 Å². The van der Waals surface area contributed by atoms with Crippen LogP contribution in [0.15, 0.2) is 17.1 Å². The number of hydrogen-bond donors (Lipinski definition) is 2. The van der Waals surface area contributed by atoms with Crippen LogP contribution in [0, 0.1) is 12.8 Å². The zero-order chi connectivity index (χ0) is 15.0. The van der Waals surface area contributed by atoms with E-state index in [9.17, 15) is 22.0 Å². The first-order chi connectivity index (χ1) is 9.17. The van der Waals surface area contributed by atoms with Crippen LogP contribution in [0.4, 0.5) is 14.5 Å². The lowest BCUT2D eigenvalue weighted by Gasteiger charge is -2.13. The maximum Gasteiger partial charge on any atom is 0.250 e. The van der Waals surface area contributed by atoms with E-state index in [0.717, 1.165) is 0 Å². The van der Waals surface area contributed by atoms with Crippen LogP contribution in [0.3, 0.4) is 0 Å². The molecule has 0 bridgehead atoms. The van der Waals surface area contributed by atoms with E-state index in [1.54, 1.807) is 6.92 Å². The van der Waals surface area contributed by atoms with Crippen molar-refractivity contribution in [3.8, 4) is 0 Å². The van der Waals surface area contributed by atoms with Crippen molar-refractivity contribution >= 4 is 15.7 Å². The lowest BCUT2D eigenvalue weighted by molar-refractivity contribution is 0.00593. The number of pyridine rings is 1. The number of sulfonamides is 1. The number of anilines is 1. The largest absolute Gasteiger partial charge is 0.327 e. The Morgan fingerprint density at radius 2 is 2.20 bits per heavy atom. The van der Waals surface area contributed by atoms with Gasteiger partial charge in [-0.25, -0.2) is 17.2 Å². The van der Waals surface area contributed by atoms with E-state index < -0.39 is 28.3 Å². The Morgan fingerprint density at radius 3 is 2.75 bits per heavy atom. The molecule has 1 saturated carbocycles. The fraction of sp³-hybridized carbons (Fsp3) is 0.583. The van der Waals surface area contributed by atoms with Crippen LogP contribution in [0.5, 0.6) is 0 Å². The van der Waals surface area contributed by atoms with Gasteiger partial charge in [0.15, 0.2) is 0 Å². The van der Waals surface area contributed by atoms with E-state index >= 15 is 0 Å². The van der Waals surface area contributed by atoms with Gasteiger partial charge in [-0.2, -0.15) is 0 Å². The lowest BCUT2D eigenvalue weighted by Crippen LogP contribution is -2.23. The van der Waals surface area contributed by atoms with Gasteiger partial charge in [0.2, 0.25) is 15.9 Å². The van der Waals surface area contributed by atoms with E-state index in [4.69, 9.17) is 0 Å². The highest BCUT2D eigenvalue weighted by atomic mass is 32.2. The Labute approximate surface area is 115 Å². The predicted octanol–water partition coefficient (Wildman–Crippen LogP) is 1.86. The Balaban J connectivity index is 2.04. The second kappa shape index (κ2) is 5.16. The van der Waals surface area contributed by atoms with E-state index in [-0.39, 0.29) is 29.8 Å². The Bertz CT molecular complexity index is 655. The molecule has 8 heteroatoms.